The first-order valence-corrected chi connectivity index (χ1v) is 7.62. The predicted molar refractivity (Wildman–Crippen MR) is 83.3 cm³/mol. The van der Waals surface area contributed by atoms with Gasteiger partial charge in [-0.1, -0.05) is 35.5 Å². The van der Waals surface area contributed by atoms with Gasteiger partial charge in [-0.05, 0) is 11.6 Å². The van der Waals surface area contributed by atoms with Gasteiger partial charge in [-0.3, -0.25) is 4.98 Å². The standard InChI is InChI=1S/C16H12FN7/c17-11-8-13(10-4-2-1-3-5-10)23-15(11)19-16(21-23)24-14-9-18-7-6-12(14)20-22-24/h1-7,9,11,13H,8H2. The molecule has 2 atom stereocenters. The molecule has 1 aromatic carbocycles. The quantitative estimate of drug-likeness (QED) is 0.567. The van der Waals surface area contributed by atoms with Gasteiger partial charge in [0, 0.05) is 12.6 Å². The van der Waals surface area contributed by atoms with Crippen molar-refractivity contribution in [1.82, 2.24) is 34.7 Å². The van der Waals surface area contributed by atoms with Crippen LogP contribution in [-0.2, 0) is 0 Å². The predicted octanol–water partition coefficient (Wildman–Crippen LogP) is 2.41. The summed E-state index contributed by atoms with van der Waals surface area (Å²) in [6.45, 7) is 0. The number of hydrogen-bond acceptors (Lipinski definition) is 5. The Bertz CT molecular complexity index is 1020. The van der Waals surface area contributed by atoms with Crippen LogP contribution in [0.4, 0.5) is 4.39 Å². The Labute approximate surface area is 135 Å². The van der Waals surface area contributed by atoms with Crippen LogP contribution in [0.5, 0.6) is 0 Å². The smallest absolute Gasteiger partial charge is 0.262 e. The summed E-state index contributed by atoms with van der Waals surface area (Å²) in [5, 5.41) is 12.6. The first-order valence-electron chi connectivity index (χ1n) is 7.62. The van der Waals surface area contributed by atoms with Crippen molar-refractivity contribution >= 4 is 11.0 Å². The fourth-order valence-corrected chi connectivity index (χ4v) is 3.13. The number of alkyl halides is 1. The number of nitrogens with zero attached hydrogens (tertiary/aromatic N) is 7. The second-order valence-electron chi connectivity index (χ2n) is 5.71. The van der Waals surface area contributed by atoms with Crippen LogP contribution in [0.3, 0.4) is 0 Å². The number of halogens is 1. The van der Waals surface area contributed by atoms with Gasteiger partial charge in [0.2, 0.25) is 0 Å². The second-order valence-corrected chi connectivity index (χ2v) is 5.71. The van der Waals surface area contributed by atoms with Crippen molar-refractivity contribution < 1.29 is 4.39 Å². The van der Waals surface area contributed by atoms with Gasteiger partial charge in [0.05, 0.1) is 12.2 Å². The number of benzene rings is 1. The molecule has 0 spiro atoms. The average molecular weight is 321 g/mol. The molecular weight excluding hydrogens is 309 g/mol. The maximum atomic E-state index is 14.4. The lowest BCUT2D eigenvalue weighted by Crippen LogP contribution is -2.09. The maximum Gasteiger partial charge on any atom is 0.271 e. The zero-order valence-corrected chi connectivity index (χ0v) is 12.5. The summed E-state index contributed by atoms with van der Waals surface area (Å²) in [4.78, 5) is 8.42. The molecule has 4 heterocycles. The van der Waals surface area contributed by atoms with E-state index in [1.54, 1.807) is 23.1 Å². The van der Waals surface area contributed by atoms with E-state index in [4.69, 9.17) is 0 Å². The number of fused-ring (bicyclic) bond motifs is 2. The molecule has 0 bridgehead atoms. The summed E-state index contributed by atoms with van der Waals surface area (Å²) in [5.41, 5.74) is 2.39. The van der Waals surface area contributed by atoms with Gasteiger partial charge in [0.25, 0.3) is 5.95 Å². The van der Waals surface area contributed by atoms with Crippen molar-refractivity contribution in [2.75, 3.05) is 0 Å². The van der Waals surface area contributed by atoms with Gasteiger partial charge in [-0.25, -0.2) is 9.07 Å². The van der Waals surface area contributed by atoms with Crippen molar-refractivity contribution in [2.24, 2.45) is 0 Å². The molecule has 2 unspecified atom stereocenters. The minimum Gasteiger partial charge on any atom is -0.262 e. The van der Waals surface area contributed by atoms with Gasteiger partial charge in [-0.15, -0.1) is 10.2 Å². The number of pyridine rings is 1. The van der Waals surface area contributed by atoms with Crippen molar-refractivity contribution in [3.63, 3.8) is 0 Å². The molecule has 1 aliphatic rings. The SMILES string of the molecule is FC1CC(c2ccccc2)n2nc(-n3nnc4ccncc43)nc21. The summed E-state index contributed by atoms with van der Waals surface area (Å²) in [6.07, 6.45) is 2.48. The Balaban J connectivity index is 1.63. The third kappa shape index (κ3) is 1.86. The molecule has 0 amide bonds. The van der Waals surface area contributed by atoms with E-state index in [1.165, 1.54) is 4.68 Å². The van der Waals surface area contributed by atoms with Gasteiger partial charge in [0.1, 0.15) is 11.0 Å². The summed E-state index contributed by atoms with van der Waals surface area (Å²) in [7, 11) is 0. The van der Waals surface area contributed by atoms with E-state index in [2.05, 4.69) is 25.4 Å². The fraction of sp³-hybridized carbons (Fsp3) is 0.188. The second kappa shape index (κ2) is 4.92. The number of rotatable bonds is 2. The van der Waals surface area contributed by atoms with Crippen LogP contribution in [0.2, 0.25) is 0 Å². The van der Waals surface area contributed by atoms with Crippen LogP contribution in [0.15, 0.2) is 48.8 Å². The Kier molecular flexibility index (Phi) is 2.72. The molecule has 4 aromatic rings. The molecule has 8 heteroatoms. The van der Waals surface area contributed by atoms with Crippen LogP contribution in [0, 0.1) is 0 Å². The Morgan fingerprint density at radius 2 is 2.00 bits per heavy atom. The summed E-state index contributed by atoms with van der Waals surface area (Å²) >= 11 is 0. The van der Waals surface area contributed by atoms with E-state index in [0.29, 0.717) is 29.2 Å². The van der Waals surface area contributed by atoms with Crippen LogP contribution >= 0.6 is 0 Å². The summed E-state index contributed by atoms with van der Waals surface area (Å²) in [6, 6.07) is 11.4. The third-order valence-electron chi connectivity index (χ3n) is 4.27. The van der Waals surface area contributed by atoms with E-state index in [0.717, 1.165) is 5.56 Å². The van der Waals surface area contributed by atoms with E-state index in [-0.39, 0.29) is 6.04 Å². The highest BCUT2D eigenvalue weighted by Crippen LogP contribution is 2.39. The molecule has 7 nitrogen and oxygen atoms in total. The van der Waals surface area contributed by atoms with Crippen molar-refractivity contribution in [2.45, 2.75) is 18.6 Å². The minimum atomic E-state index is -1.15. The monoisotopic (exact) mass is 321 g/mol. The summed E-state index contributed by atoms with van der Waals surface area (Å²) < 4.78 is 17.6. The molecule has 24 heavy (non-hydrogen) atoms. The molecular formula is C16H12FN7. The van der Waals surface area contributed by atoms with Gasteiger partial charge < -0.3 is 0 Å². The number of aromatic nitrogens is 7. The third-order valence-corrected chi connectivity index (χ3v) is 4.27. The Morgan fingerprint density at radius 3 is 2.88 bits per heavy atom. The first-order chi connectivity index (χ1) is 11.8. The molecule has 1 aliphatic heterocycles. The van der Waals surface area contributed by atoms with Gasteiger partial charge in [0.15, 0.2) is 12.0 Å². The average Bonchev–Trinajstić information content (AvgIpc) is 3.30. The fourth-order valence-electron chi connectivity index (χ4n) is 3.13. The van der Waals surface area contributed by atoms with Crippen LogP contribution in [0.1, 0.15) is 30.0 Å². The van der Waals surface area contributed by atoms with Crippen molar-refractivity contribution in [3.05, 3.63) is 60.2 Å². The van der Waals surface area contributed by atoms with E-state index >= 15 is 0 Å². The maximum absolute atomic E-state index is 14.4. The topological polar surface area (TPSA) is 74.3 Å². The van der Waals surface area contributed by atoms with Crippen LogP contribution in [0.25, 0.3) is 17.0 Å². The molecule has 0 aliphatic carbocycles. The normalized spacial score (nSPS) is 19.7. The molecule has 0 radical (unpaired) electrons. The van der Waals surface area contributed by atoms with Crippen molar-refractivity contribution in [3.8, 4) is 5.95 Å². The van der Waals surface area contributed by atoms with E-state index in [1.807, 2.05) is 30.3 Å². The van der Waals surface area contributed by atoms with Crippen LogP contribution in [-0.4, -0.2) is 34.7 Å². The van der Waals surface area contributed by atoms with Crippen molar-refractivity contribution in [1.29, 1.82) is 0 Å². The first kappa shape index (κ1) is 13.3. The lowest BCUT2D eigenvalue weighted by atomic mass is 10.0. The highest BCUT2D eigenvalue weighted by atomic mass is 19.1. The van der Waals surface area contributed by atoms with Crippen LogP contribution < -0.4 is 0 Å². The molecule has 0 N–H and O–H groups in total. The molecule has 5 rings (SSSR count). The zero-order chi connectivity index (χ0) is 16.1. The number of hydrogen-bond donors (Lipinski definition) is 0. The van der Waals surface area contributed by atoms with E-state index in [9.17, 15) is 4.39 Å². The highest BCUT2D eigenvalue weighted by molar-refractivity contribution is 5.73. The Morgan fingerprint density at radius 1 is 1.12 bits per heavy atom. The van der Waals surface area contributed by atoms with Gasteiger partial charge in [-0.2, -0.15) is 9.67 Å². The largest absolute Gasteiger partial charge is 0.271 e. The lowest BCUT2D eigenvalue weighted by molar-refractivity contribution is 0.328. The molecule has 0 saturated heterocycles. The molecule has 0 saturated carbocycles. The highest BCUT2D eigenvalue weighted by Gasteiger charge is 2.35. The summed E-state index contributed by atoms with van der Waals surface area (Å²) in [5.74, 6) is 0.634. The minimum absolute atomic E-state index is 0.162. The zero-order valence-electron chi connectivity index (χ0n) is 12.5. The molecule has 3 aromatic heterocycles. The lowest BCUT2D eigenvalue weighted by Gasteiger charge is -2.11. The molecule has 0 fully saturated rings. The Hall–Kier alpha value is -3.16. The van der Waals surface area contributed by atoms with Gasteiger partial charge >= 0.3 is 0 Å². The van der Waals surface area contributed by atoms with E-state index < -0.39 is 6.17 Å². The molecule has 118 valence electrons.